The van der Waals surface area contributed by atoms with Crippen LogP contribution >= 0.6 is 22.7 Å². The molecule has 0 aliphatic carbocycles. The van der Waals surface area contributed by atoms with Gasteiger partial charge < -0.3 is 5.32 Å². The van der Waals surface area contributed by atoms with Crippen molar-refractivity contribution >= 4 is 39.6 Å². The van der Waals surface area contributed by atoms with Crippen molar-refractivity contribution in [2.75, 3.05) is 12.4 Å². The van der Waals surface area contributed by atoms with Gasteiger partial charge in [-0.2, -0.15) is 11.3 Å². The number of anilines is 1. The summed E-state index contributed by atoms with van der Waals surface area (Å²) in [5.74, 6) is -0.284. The van der Waals surface area contributed by atoms with E-state index in [-0.39, 0.29) is 18.2 Å². The van der Waals surface area contributed by atoms with Gasteiger partial charge in [-0.05, 0) is 11.4 Å². The van der Waals surface area contributed by atoms with Crippen LogP contribution in [-0.4, -0.2) is 23.8 Å². The number of rotatable bonds is 4. The number of carbonyl (C=O) groups excluding carboxylic acids is 2. The van der Waals surface area contributed by atoms with Gasteiger partial charge in [-0.25, -0.2) is 4.98 Å². The standard InChI is InChI=1S/C11H11N3O2S2/c1-12-9(15)4-8-6-18-11(13-8)14-10(16)7-2-3-17-5-7/h2-3,5-6H,4H2,1H3,(H,12,15)(H,13,14,16). The highest BCUT2D eigenvalue weighted by Crippen LogP contribution is 2.17. The summed E-state index contributed by atoms with van der Waals surface area (Å²) in [5, 5.41) is 11.1. The van der Waals surface area contributed by atoms with E-state index in [1.165, 1.54) is 22.7 Å². The maximum absolute atomic E-state index is 11.7. The molecule has 2 aromatic heterocycles. The van der Waals surface area contributed by atoms with Crippen molar-refractivity contribution in [1.82, 2.24) is 10.3 Å². The average Bonchev–Trinajstić information content (AvgIpc) is 3.00. The van der Waals surface area contributed by atoms with Crippen LogP contribution in [0.5, 0.6) is 0 Å². The van der Waals surface area contributed by atoms with Crippen LogP contribution in [0, 0.1) is 0 Å². The Morgan fingerprint density at radius 1 is 1.39 bits per heavy atom. The molecule has 5 nitrogen and oxygen atoms in total. The second-order valence-corrected chi connectivity index (χ2v) is 5.10. The first-order valence-corrected chi connectivity index (χ1v) is 7.00. The van der Waals surface area contributed by atoms with E-state index in [0.717, 1.165) is 0 Å². The van der Waals surface area contributed by atoms with Crippen LogP contribution in [0.1, 0.15) is 16.1 Å². The lowest BCUT2D eigenvalue weighted by Gasteiger charge is -1.98. The number of nitrogens with zero attached hydrogens (tertiary/aromatic N) is 1. The molecule has 2 amide bonds. The van der Waals surface area contributed by atoms with Gasteiger partial charge in [-0.15, -0.1) is 11.3 Å². The second kappa shape index (κ2) is 5.74. The molecular weight excluding hydrogens is 270 g/mol. The molecule has 0 radical (unpaired) electrons. The molecule has 2 rings (SSSR count). The maximum Gasteiger partial charge on any atom is 0.258 e. The fourth-order valence-corrected chi connectivity index (χ4v) is 2.60. The number of thiazole rings is 1. The molecule has 0 aliphatic rings. The number of likely N-dealkylation sites (N-methyl/N-ethyl adjacent to an activating group) is 1. The van der Waals surface area contributed by atoms with E-state index in [9.17, 15) is 9.59 Å². The molecule has 0 unspecified atom stereocenters. The number of thiophene rings is 1. The fourth-order valence-electron chi connectivity index (χ4n) is 1.26. The average molecular weight is 281 g/mol. The molecule has 0 spiro atoms. The summed E-state index contributed by atoms with van der Waals surface area (Å²) >= 11 is 2.77. The van der Waals surface area contributed by atoms with Gasteiger partial charge in [0.15, 0.2) is 5.13 Å². The van der Waals surface area contributed by atoms with Gasteiger partial charge in [0, 0.05) is 17.8 Å². The zero-order valence-electron chi connectivity index (χ0n) is 9.60. The zero-order chi connectivity index (χ0) is 13.0. The molecule has 2 N–H and O–H groups in total. The number of amides is 2. The minimum atomic E-state index is -0.183. The molecule has 0 saturated heterocycles. The maximum atomic E-state index is 11.7. The molecule has 0 fully saturated rings. The summed E-state index contributed by atoms with van der Waals surface area (Å²) in [5.41, 5.74) is 1.27. The molecular formula is C11H11N3O2S2. The predicted molar refractivity (Wildman–Crippen MR) is 72.2 cm³/mol. The van der Waals surface area contributed by atoms with Crippen LogP contribution in [0.25, 0.3) is 0 Å². The summed E-state index contributed by atoms with van der Waals surface area (Å²) in [6.45, 7) is 0. The molecule has 0 bridgehead atoms. The van der Waals surface area contributed by atoms with Gasteiger partial charge in [0.25, 0.3) is 5.91 Å². The highest BCUT2D eigenvalue weighted by atomic mass is 32.1. The second-order valence-electron chi connectivity index (χ2n) is 3.46. The van der Waals surface area contributed by atoms with E-state index in [0.29, 0.717) is 16.4 Å². The number of aromatic nitrogens is 1. The van der Waals surface area contributed by atoms with Crippen molar-refractivity contribution in [2.24, 2.45) is 0 Å². The zero-order valence-corrected chi connectivity index (χ0v) is 11.2. The number of carbonyl (C=O) groups is 2. The molecule has 94 valence electrons. The topological polar surface area (TPSA) is 71.1 Å². The molecule has 0 aromatic carbocycles. The predicted octanol–water partition coefficient (Wildman–Crippen LogP) is 1.75. The third-order valence-electron chi connectivity index (χ3n) is 2.18. The monoisotopic (exact) mass is 281 g/mol. The Bertz CT molecular complexity index is 548. The van der Waals surface area contributed by atoms with Gasteiger partial charge in [-0.1, -0.05) is 0 Å². The van der Waals surface area contributed by atoms with E-state index in [1.54, 1.807) is 23.9 Å². The van der Waals surface area contributed by atoms with Crippen molar-refractivity contribution in [3.63, 3.8) is 0 Å². The third kappa shape index (κ3) is 3.14. The Kier molecular flexibility index (Phi) is 4.06. The molecule has 7 heteroatoms. The Morgan fingerprint density at radius 2 is 2.22 bits per heavy atom. The quantitative estimate of drug-likeness (QED) is 0.897. The lowest BCUT2D eigenvalue weighted by molar-refractivity contribution is -0.120. The normalized spacial score (nSPS) is 10.1. The SMILES string of the molecule is CNC(=O)Cc1csc(NC(=O)c2ccsc2)n1. The van der Waals surface area contributed by atoms with E-state index in [4.69, 9.17) is 0 Å². The Hall–Kier alpha value is -1.73. The van der Waals surface area contributed by atoms with Crippen molar-refractivity contribution in [3.8, 4) is 0 Å². The van der Waals surface area contributed by atoms with Gasteiger partial charge in [-0.3, -0.25) is 14.9 Å². The Balaban J connectivity index is 1.98. The molecule has 0 atom stereocenters. The van der Waals surface area contributed by atoms with E-state index in [1.807, 2.05) is 5.38 Å². The molecule has 0 aliphatic heterocycles. The first-order valence-electron chi connectivity index (χ1n) is 5.17. The van der Waals surface area contributed by atoms with Gasteiger partial charge in [0.05, 0.1) is 17.7 Å². The van der Waals surface area contributed by atoms with Crippen LogP contribution in [0.3, 0.4) is 0 Å². The molecule has 2 aromatic rings. The van der Waals surface area contributed by atoms with Crippen molar-refractivity contribution in [2.45, 2.75) is 6.42 Å². The van der Waals surface area contributed by atoms with Gasteiger partial charge in [0.2, 0.25) is 5.91 Å². The minimum Gasteiger partial charge on any atom is -0.359 e. The summed E-state index contributed by atoms with van der Waals surface area (Å²) in [7, 11) is 1.58. The van der Waals surface area contributed by atoms with Gasteiger partial charge in [0.1, 0.15) is 0 Å². The summed E-state index contributed by atoms with van der Waals surface area (Å²) < 4.78 is 0. The van der Waals surface area contributed by atoms with E-state index >= 15 is 0 Å². The number of hydrogen-bond acceptors (Lipinski definition) is 5. The van der Waals surface area contributed by atoms with Crippen LogP contribution in [-0.2, 0) is 11.2 Å². The summed E-state index contributed by atoms with van der Waals surface area (Å²) in [6, 6.07) is 1.75. The largest absolute Gasteiger partial charge is 0.359 e. The van der Waals surface area contributed by atoms with E-state index in [2.05, 4.69) is 15.6 Å². The molecule has 0 saturated carbocycles. The first kappa shape index (κ1) is 12.7. The highest BCUT2D eigenvalue weighted by Gasteiger charge is 2.10. The molecule has 2 heterocycles. The summed E-state index contributed by atoms with van der Waals surface area (Å²) in [4.78, 5) is 27.1. The van der Waals surface area contributed by atoms with Crippen LogP contribution in [0.4, 0.5) is 5.13 Å². The van der Waals surface area contributed by atoms with Gasteiger partial charge >= 0.3 is 0 Å². The van der Waals surface area contributed by atoms with Crippen LogP contribution in [0.2, 0.25) is 0 Å². The van der Waals surface area contributed by atoms with Crippen molar-refractivity contribution in [1.29, 1.82) is 0 Å². The third-order valence-corrected chi connectivity index (χ3v) is 3.67. The van der Waals surface area contributed by atoms with Crippen LogP contribution in [0.15, 0.2) is 22.2 Å². The number of hydrogen-bond donors (Lipinski definition) is 2. The Morgan fingerprint density at radius 3 is 2.89 bits per heavy atom. The van der Waals surface area contributed by atoms with Crippen LogP contribution < -0.4 is 10.6 Å². The van der Waals surface area contributed by atoms with E-state index < -0.39 is 0 Å². The summed E-state index contributed by atoms with van der Waals surface area (Å²) in [6.07, 6.45) is 0.224. The first-order chi connectivity index (χ1) is 8.69. The van der Waals surface area contributed by atoms with Crippen molar-refractivity contribution < 1.29 is 9.59 Å². The minimum absolute atomic E-state index is 0.101. The van der Waals surface area contributed by atoms with Crippen molar-refractivity contribution in [3.05, 3.63) is 33.5 Å². The highest BCUT2D eigenvalue weighted by molar-refractivity contribution is 7.14. The lowest BCUT2D eigenvalue weighted by Crippen LogP contribution is -2.20. The number of nitrogens with one attached hydrogen (secondary N) is 2. The fraction of sp³-hybridized carbons (Fsp3) is 0.182. The smallest absolute Gasteiger partial charge is 0.258 e. The molecule has 18 heavy (non-hydrogen) atoms. The lowest BCUT2D eigenvalue weighted by atomic mass is 10.3. The Labute approximate surface area is 112 Å².